The Morgan fingerprint density at radius 1 is 1.33 bits per heavy atom. The number of likely N-dealkylation sites (tertiary alicyclic amines) is 1. The second-order valence-electron chi connectivity index (χ2n) is 4.28. The maximum atomic E-state index is 12.8. The van der Waals surface area contributed by atoms with Crippen molar-refractivity contribution >= 4 is 11.8 Å². The van der Waals surface area contributed by atoms with Gasteiger partial charge in [0.2, 0.25) is 5.91 Å². The smallest absolute Gasteiger partial charge is 0.254 e. The molecule has 0 aliphatic carbocycles. The van der Waals surface area contributed by atoms with Crippen molar-refractivity contribution in [3.63, 3.8) is 0 Å². The van der Waals surface area contributed by atoms with Crippen molar-refractivity contribution in [2.75, 3.05) is 13.6 Å². The first-order chi connectivity index (χ1) is 8.63. The fraction of sp³-hybridized carbons (Fsp3) is 0.385. The third-order valence-corrected chi connectivity index (χ3v) is 3.15. The summed E-state index contributed by atoms with van der Waals surface area (Å²) in [5.41, 5.74) is 0.409. The van der Waals surface area contributed by atoms with Crippen molar-refractivity contribution in [3.8, 4) is 0 Å². The summed E-state index contributed by atoms with van der Waals surface area (Å²) in [6, 6.07) is 4.97. The van der Waals surface area contributed by atoms with Gasteiger partial charge in [0, 0.05) is 19.2 Å². The van der Waals surface area contributed by atoms with Crippen LogP contribution in [-0.4, -0.2) is 36.3 Å². The molecule has 0 radical (unpaired) electrons. The number of likely N-dealkylation sites (N-methyl/N-ethyl adjacent to an activating group) is 1. The molecule has 1 saturated heterocycles. The molecule has 1 aliphatic heterocycles. The van der Waals surface area contributed by atoms with Gasteiger partial charge in [0.05, 0.1) is 0 Å². The van der Waals surface area contributed by atoms with E-state index in [1.54, 1.807) is 11.9 Å². The number of rotatable bonds is 2. The molecule has 18 heavy (non-hydrogen) atoms. The van der Waals surface area contributed by atoms with E-state index in [9.17, 15) is 14.0 Å². The Balaban J connectivity index is 2.17. The zero-order valence-electron chi connectivity index (χ0n) is 10.1. The number of hydrogen-bond acceptors (Lipinski definition) is 2. The number of amides is 2. The number of halogens is 1. The van der Waals surface area contributed by atoms with Crippen LogP contribution < -0.4 is 5.32 Å². The van der Waals surface area contributed by atoms with Gasteiger partial charge in [0.15, 0.2) is 0 Å². The Bertz CT molecular complexity index is 459. The molecule has 1 aromatic carbocycles. The zero-order valence-corrected chi connectivity index (χ0v) is 10.1. The molecule has 0 aromatic heterocycles. The molecule has 4 nitrogen and oxygen atoms in total. The van der Waals surface area contributed by atoms with Crippen molar-refractivity contribution in [3.05, 3.63) is 35.6 Å². The van der Waals surface area contributed by atoms with Gasteiger partial charge in [-0.05, 0) is 37.1 Å². The predicted molar refractivity (Wildman–Crippen MR) is 64.5 cm³/mol. The Labute approximate surface area is 105 Å². The van der Waals surface area contributed by atoms with E-state index in [2.05, 4.69) is 5.32 Å². The largest absolute Gasteiger partial charge is 0.357 e. The van der Waals surface area contributed by atoms with Gasteiger partial charge in [-0.15, -0.1) is 0 Å². The normalized spacial score (nSPS) is 18.8. The summed E-state index contributed by atoms with van der Waals surface area (Å²) < 4.78 is 12.8. The molecule has 0 bridgehead atoms. The molecule has 1 aliphatic rings. The van der Waals surface area contributed by atoms with Crippen molar-refractivity contribution in [1.29, 1.82) is 0 Å². The van der Waals surface area contributed by atoms with Crippen molar-refractivity contribution in [1.82, 2.24) is 10.2 Å². The number of carbonyl (C=O) groups excluding carboxylic acids is 2. The van der Waals surface area contributed by atoms with Crippen LogP contribution in [0.2, 0.25) is 0 Å². The van der Waals surface area contributed by atoms with Gasteiger partial charge in [0.25, 0.3) is 5.91 Å². The first-order valence-corrected chi connectivity index (χ1v) is 5.91. The van der Waals surface area contributed by atoms with E-state index < -0.39 is 6.04 Å². The minimum absolute atomic E-state index is 0.150. The Hall–Kier alpha value is -1.91. The first-order valence-electron chi connectivity index (χ1n) is 5.91. The molecule has 2 amide bonds. The van der Waals surface area contributed by atoms with Crippen LogP contribution in [-0.2, 0) is 4.79 Å². The van der Waals surface area contributed by atoms with Crippen molar-refractivity contribution in [2.24, 2.45) is 0 Å². The summed E-state index contributed by atoms with van der Waals surface area (Å²) in [6.07, 6.45) is 1.48. The number of nitrogens with zero attached hydrogens (tertiary/aromatic N) is 1. The van der Waals surface area contributed by atoms with Gasteiger partial charge < -0.3 is 10.2 Å². The topological polar surface area (TPSA) is 49.4 Å². The summed E-state index contributed by atoms with van der Waals surface area (Å²) in [7, 11) is 1.56. The van der Waals surface area contributed by atoms with Gasteiger partial charge in [-0.3, -0.25) is 9.59 Å². The third kappa shape index (κ3) is 2.34. The van der Waals surface area contributed by atoms with Gasteiger partial charge in [-0.25, -0.2) is 4.39 Å². The summed E-state index contributed by atoms with van der Waals surface area (Å²) in [6.45, 7) is 0.564. The molecule has 0 saturated carbocycles. The highest BCUT2D eigenvalue weighted by Gasteiger charge is 2.33. The minimum Gasteiger partial charge on any atom is -0.357 e. The fourth-order valence-electron chi connectivity index (χ4n) is 2.21. The summed E-state index contributed by atoms with van der Waals surface area (Å²) >= 11 is 0. The molecule has 1 atom stereocenters. The molecular weight excluding hydrogens is 235 g/mol. The third-order valence-electron chi connectivity index (χ3n) is 3.15. The van der Waals surface area contributed by atoms with Crippen LogP contribution in [0.4, 0.5) is 4.39 Å². The predicted octanol–water partition coefficient (Wildman–Crippen LogP) is 1.18. The van der Waals surface area contributed by atoms with E-state index in [4.69, 9.17) is 0 Å². The van der Waals surface area contributed by atoms with Gasteiger partial charge in [-0.1, -0.05) is 0 Å². The van der Waals surface area contributed by atoms with E-state index >= 15 is 0 Å². The Morgan fingerprint density at radius 3 is 2.61 bits per heavy atom. The lowest BCUT2D eigenvalue weighted by molar-refractivity contribution is -0.124. The summed E-state index contributed by atoms with van der Waals surface area (Å²) in [4.78, 5) is 25.4. The van der Waals surface area contributed by atoms with E-state index in [1.165, 1.54) is 24.3 Å². The van der Waals surface area contributed by atoms with Crippen LogP contribution in [0.25, 0.3) is 0 Å². The van der Waals surface area contributed by atoms with E-state index in [0.717, 1.165) is 6.42 Å². The lowest BCUT2D eigenvalue weighted by Crippen LogP contribution is -2.44. The molecule has 2 rings (SSSR count). The van der Waals surface area contributed by atoms with Crippen LogP contribution in [0.5, 0.6) is 0 Å². The SMILES string of the molecule is CNC(=O)C1CCCN1C(=O)c1ccc(F)cc1. The second kappa shape index (κ2) is 5.16. The van der Waals surface area contributed by atoms with Gasteiger partial charge in [-0.2, -0.15) is 0 Å². The van der Waals surface area contributed by atoms with Gasteiger partial charge >= 0.3 is 0 Å². The maximum absolute atomic E-state index is 12.8. The number of carbonyl (C=O) groups is 2. The second-order valence-corrected chi connectivity index (χ2v) is 4.28. The van der Waals surface area contributed by atoms with Crippen molar-refractivity contribution < 1.29 is 14.0 Å². The molecule has 5 heteroatoms. The maximum Gasteiger partial charge on any atom is 0.254 e. The molecule has 1 aromatic rings. The Morgan fingerprint density at radius 2 is 2.00 bits per heavy atom. The van der Waals surface area contributed by atoms with Gasteiger partial charge in [0.1, 0.15) is 11.9 Å². The summed E-state index contributed by atoms with van der Waals surface area (Å²) in [5.74, 6) is -0.750. The monoisotopic (exact) mass is 250 g/mol. The molecule has 1 fully saturated rings. The van der Waals surface area contributed by atoms with Crippen LogP contribution in [0.15, 0.2) is 24.3 Å². The zero-order chi connectivity index (χ0) is 13.1. The van der Waals surface area contributed by atoms with Crippen LogP contribution >= 0.6 is 0 Å². The average Bonchev–Trinajstić information content (AvgIpc) is 2.87. The first kappa shape index (κ1) is 12.5. The highest BCUT2D eigenvalue weighted by Crippen LogP contribution is 2.20. The average molecular weight is 250 g/mol. The molecular formula is C13H15FN2O2. The van der Waals surface area contributed by atoms with Crippen LogP contribution in [0.1, 0.15) is 23.2 Å². The summed E-state index contributed by atoms with van der Waals surface area (Å²) in [5, 5.41) is 2.56. The fourth-order valence-corrected chi connectivity index (χ4v) is 2.21. The number of hydrogen-bond donors (Lipinski definition) is 1. The molecule has 1 heterocycles. The number of nitrogens with one attached hydrogen (secondary N) is 1. The lowest BCUT2D eigenvalue weighted by atomic mass is 10.1. The quantitative estimate of drug-likeness (QED) is 0.856. The van der Waals surface area contributed by atoms with E-state index in [-0.39, 0.29) is 17.6 Å². The Kier molecular flexibility index (Phi) is 3.60. The van der Waals surface area contributed by atoms with Crippen LogP contribution in [0.3, 0.4) is 0 Å². The highest BCUT2D eigenvalue weighted by molar-refractivity contribution is 5.97. The molecule has 96 valence electrons. The molecule has 0 spiro atoms. The number of benzene rings is 1. The van der Waals surface area contributed by atoms with Crippen LogP contribution in [0, 0.1) is 5.82 Å². The van der Waals surface area contributed by atoms with E-state index in [0.29, 0.717) is 18.5 Å². The molecule has 1 N–H and O–H groups in total. The van der Waals surface area contributed by atoms with E-state index in [1.807, 2.05) is 0 Å². The van der Waals surface area contributed by atoms with Crippen molar-refractivity contribution in [2.45, 2.75) is 18.9 Å². The lowest BCUT2D eigenvalue weighted by Gasteiger charge is -2.23. The molecule has 1 unspecified atom stereocenters. The minimum atomic E-state index is -0.410. The highest BCUT2D eigenvalue weighted by atomic mass is 19.1. The standard InChI is InChI=1S/C13H15FN2O2/c1-15-12(17)11-3-2-8-16(11)13(18)9-4-6-10(14)7-5-9/h4-7,11H,2-3,8H2,1H3,(H,15,17).